The Morgan fingerprint density at radius 2 is 1.52 bits per heavy atom. The Bertz CT molecular complexity index is 1160. The SMILES string of the molecule is CCC(C)c1ccc(OC(C)(C)c2ccc3c(ccc4ccccc43)c2Br)cc1. The molecule has 0 bridgehead atoms. The van der Waals surface area contributed by atoms with Crippen LogP contribution in [-0.2, 0) is 5.60 Å². The minimum atomic E-state index is -0.462. The summed E-state index contributed by atoms with van der Waals surface area (Å²) in [6, 6.07) is 25.9. The third-order valence-electron chi connectivity index (χ3n) is 5.94. The molecule has 4 aromatic rings. The Labute approximate surface area is 181 Å². The van der Waals surface area contributed by atoms with Gasteiger partial charge in [0.25, 0.3) is 0 Å². The van der Waals surface area contributed by atoms with Crippen LogP contribution in [0.5, 0.6) is 5.75 Å². The predicted molar refractivity (Wildman–Crippen MR) is 128 cm³/mol. The van der Waals surface area contributed by atoms with E-state index in [2.05, 4.69) is 116 Å². The molecule has 0 heterocycles. The lowest BCUT2D eigenvalue weighted by Crippen LogP contribution is -2.25. The summed E-state index contributed by atoms with van der Waals surface area (Å²) in [5, 5.41) is 5.01. The Morgan fingerprint density at radius 1 is 0.828 bits per heavy atom. The number of ether oxygens (including phenoxy) is 1. The van der Waals surface area contributed by atoms with Crippen molar-refractivity contribution < 1.29 is 4.74 Å². The number of hydrogen-bond acceptors (Lipinski definition) is 1. The molecular weight excluding hydrogens is 420 g/mol. The van der Waals surface area contributed by atoms with Crippen molar-refractivity contribution in [3.8, 4) is 5.75 Å². The topological polar surface area (TPSA) is 9.23 Å². The van der Waals surface area contributed by atoms with Gasteiger partial charge in [-0.1, -0.05) is 74.5 Å². The van der Waals surface area contributed by atoms with Gasteiger partial charge in [0.05, 0.1) is 0 Å². The van der Waals surface area contributed by atoms with Gasteiger partial charge in [-0.2, -0.15) is 0 Å². The van der Waals surface area contributed by atoms with Gasteiger partial charge in [0.1, 0.15) is 11.4 Å². The first-order chi connectivity index (χ1) is 13.9. The zero-order valence-corrected chi connectivity index (χ0v) is 19.1. The fourth-order valence-corrected chi connectivity index (χ4v) is 4.92. The van der Waals surface area contributed by atoms with Gasteiger partial charge in [0, 0.05) is 10.0 Å². The second-order valence-electron chi connectivity index (χ2n) is 8.30. The summed E-state index contributed by atoms with van der Waals surface area (Å²) in [6.45, 7) is 8.74. The molecule has 0 saturated heterocycles. The van der Waals surface area contributed by atoms with Crippen LogP contribution in [0.1, 0.15) is 51.2 Å². The van der Waals surface area contributed by atoms with Crippen molar-refractivity contribution in [1.29, 1.82) is 0 Å². The van der Waals surface area contributed by atoms with Crippen LogP contribution in [0.2, 0.25) is 0 Å². The first-order valence-corrected chi connectivity index (χ1v) is 11.1. The summed E-state index contributed by atoms with van der Waals surface area (Å²) < 4.78 is 7.54. The van der Waals surface area contributed by atoms with E-state index in [4.69, 9.17) is 4.74 Å². The fourth-order valence-electron chi connectivity index (χ4n) is 3.97. The van der Waals surface area contributed by atoms with Gasteiger partial charge in [0.15, 0.2) is 0 Å². The van der Waals surface area contributed by atoms with E-state index in [-0.39, 0.29) is 0 Å². The number of benzene rings is 4. The van der Waals surface area contributed by atoms with E-state index < -0.39 is 5.60 Å². The van der Waals surface area contributed by atoms with E-state index in [1.807, 2.05) is 0 Å². The average molecular weight is 447 g/mol. The van der Waals surface area contributed by atoms with Gasteiger partial charge in [0.2, 0.25) is 0 Å². The quantitative estimate of drug-likeness (QED) is 0.278. The molecule has 0 saturated carbocycles. The van der Waals surface area contributed by atoms with E-state index >= 15 is 0 Å². The molecule has 0 aromatic heterocycles. The molecule has 1 atom stereocenters. The first-order valence-electron chi connectivity index (χ1n) is 10.3. The van der Waals surface area contributed by atoms with E-state index in [1.54, 1.807) is 0 Å². The number of fused-ring (bicyclic) bond motifs is 3. The smallest absolute Gasteiger partial charge is 0.129 e. The summed E-state index contributed by atoms with van der Waals surface area (Å²) in [6.07, 6.45) is 1.14. The normalized spacial score (nSPS) is 13.0. The second-order valence-corrected chi connectivity index (χ2v) is 9.09. The summed E-state index contributed by atoms with van der Waals surface area (Å²) in [7, 11) is 0. The molecule has 0 spiro atoms. The molecule has 2 heteroatoms. The van der Waals surface area contributed by atoms with Gasteiger partial charge in [-0.25, -0.2) is 0 Å². The molecule has 1 nitrogen and oxygen atoms in total. The third kappa shape index (κ3) is 3.79. The van der Waals surface area contributed by atoms with Crippen molar-refractivity contribution in [2.75, 3.05) is 0 Å². The Kier molecular flexibility index (Phi) is 5.40. The maximum Gasteiger partial charge on any atom is 0.129 e. The van der Waals surface area contributed by atoms with Gasteiger partial charge in [-0.3, -0.25) is 0 Å². The lowest BCUT2D eigenvalue weighted by molar-refractivity contribution is 0.108. The van der Waals surface area contributed by atoms with Crippen molar-refractivity contribution in [1.82, 2.24) is 0 Å². The highest BCUT2D eigenvalue weighted by molar-refractivity contribution is 9.10. The van der Waals surface area contributed by atoms with Crippen LogP contribution in [-0.4, -0.2) is 0 Å². The third-order valence-corrected chi connectivity index (χ3v) is 6.80. The molecule has 148 valence electrons. The zero-order chi connectivity index (χ0) is 20.6. The molecule has 0 aliphatic carbocycles. The molecule has 0 aliphatic rings. The molecule has 0 aliphatic heterocycles. The van der Waals surface area contributed by atoms with Crippen molar-refractivity contribution in [3.63, 3.8) is 0 Å². The highest BCUT2D eigenvalue weighted by Gasteiger charge is 2.26. The number of rotatable bonds is 5. The Balaban J connectivity index is 1.71. The lowest BCUT2D eigenvalue weighted by atomic mass is 9.93. The molecule has 4 aromatic carbocycles. The van der Waals surface area contributed by atoms with Crippen LogP contribution < -0.4 is 4.74 Å². The van der Waals surface area contributed by atoms with Crippen molar-refractivity contribution in [2.45, 2.75) is 45.6 Å². The summed E-state index contributed by atoms with van der Waals surface area (Å²) in [5.41, 5.74) is 2.04. The minimum absolute atomic E-state index is 0.462. The summed E-state index contributed by atoms with van der Waals surface area (Å²) in [4.78, 5) is 0. The van der Waals surface area contributed by atoms with Crippen molar-refractivity contribution >= 4 is 37.5 Å². The van der Waals surface area contributed by atoms with E-state index in [9.17, 15) is 0 Å². The van der Waals surface area contributed by atoms with E-state index in [0.29, 0.717) is 5.92 Å². The summed E-state index contributed by atoms with van der Waals surface area (Å²) in [5.74, 6) is 1.47. The van der Waals surface area contributed by atoms with Gasteiger partial charge >= 0.3 is 0 Å². The molecule has 0 amide bonds. The molecule has 0 fully saturated rings. The number of hydrogen-bond donors (Lipinski definition) is 0. The first kappa shape index (κ1) is 20.0. The minimum Gasteiger partial charge on any atom is -0.483 e. The largest absolute Gasteiger partial charge is 0.483 e. The second kappa shape index (κ2) is 7.84. The summed E-state index contributed by atoms with van der Waals surface area (Å²) >= 11 is 3.88. The molecule has 0 N–H and O–H groups in total. The highest BCUT2D eigenvalue weighted by atomic mass is 79.9. The molecular formula is C27H27BrO. The van der Waals surface area contributed by atoms with E-state index in [1.165, 1.54) is 27.1 Å². The van der Waals surface area contributed by atoms with E-state index in [0.717, 1.165) is 22.2 Å². The fraction of sp³-hybridized carbons (Fsp3) is 0.259. The Morgan fingerprint density at radius 3 is 2.24 bits per heavy atom. The lowest BCUT2D eigenvalue weighted by Gasteiger charge is -2.29. The Hall–Kier alpha value is -2.32. The van der Waals surface area contributed by atoms with Crippen molar-refractivity contribution in [3.05, 3.63) is 88.4 Å². The molecule has 1 unspecified atom stereocenters. The maximum atomic E-state index is 6.44. The van der Waals surface area contributed by atoms with Crippen molar-refractivity contribution in [2.24, 2.45) is 0 Å². The standard InChI is InChI=1S/C27H27BrO/c1-5-18(2)19-10-13-21(14-11-19)29-27(3,4)25-17-16-23-22-9-7-6-8-20(22)12-15-24(23)26(25)28/h6-18H,5H2,1-4H3. The van der Waals surface area contributed by atoms with Crippen LogP contribution in [0.25, 0.3) is 21.5 Å². The van der Waals surface area contributed by atoms with Gasteiger partial charge < -0.3 is 4.74 Å². The maximum absolute atomic E-state index is 6.44. The molecule has 4 rings (SSSR count). The van der Waals surface area contributed by atoms with Crippen LogP contribution in [0.3, 0.4) is 0 Å². The van der Waals surface area contributed by atoms with Crippen LogP contribution in [0.15, 0.2) is 77.3 Å². The average Bonchev–Trinajstić information content (AvgIpc) is 2.73. The molecule has 29 heavy (non-hydrogen) atoms. The van der Waals surface area contributed by atoms with Gasteiger partial charge in [-0.05, 0) is 81.4 Å². The van der Waals surface area contributed by atoms with Gasteiger partial charge in [-0.15, -0.1) is 0 Å². The van der Waals surface area contributed by atoms with Crippen LogP contribution in [0, 0.1) is 0 Å². The highest BCUT2D eigenvalue weighted by Crippen LogP contribution is 2.39. The number of halogens is 1. The zero-order valence-electron chi connectivity index (χ0n) is 17.5. The predicted octanol–water partition coefficient (Wildman–Crippen LogP) is 8.58. The monoisotopic (exact) mass is 446 g/mol. The van der Waals surface area contributed by atoms with Crippen LogP contribution in [0.4, 0.5) is 0 Å². The van der Waals surface area contributed by atoms with Crippen LogP contribution >= 0.6 is 15.9 Å². The molecule has 0 radical (unpaired) electrons.